The predicted molar refractivity (Wildman–Crippen MR) is 92.4 cm³/mol. The quantitative estimate of drug-likeness (QED) is 0.565. The lowest BCUT2D eigenvalue weighted by Gasteiger charge is -2.42. The molecule has 0 amide bonds. The van der Waals surface area contributed by atoms with Gasteiger partial charge < -0.3 is 4.74 Å². The molecule has 6 aliphatic rings. The number of fused-ring (bicyclic) bond motifs is 12. The maximum Gasteiger partial charge on any atom is 0.312 e. The molecular weight excluding hydrogens is 312 g/mol. The summed E-state index contributed by atoms with van der Waals surface area (Å²) in [5.41, 5.74) is -0.153. The number of esters is 1. The van der Waals surface area contributed by atoms with Crippen molar-refractivity contribution in [2.45, 2.75) is 65.4 Å². The first-order valence-electron chi connectivity index (χ1n) is 10.6. The van der Waals surface area contributed by atoms with Gasteiger partial charge in [0.1, 0.15) is 11.9 Å². The second-order valence-electron chi connectivity index (χ2n) is 11.1. The third kappa shape index (κ3) is 1.65. The van der Waals surface area contributed by atoms with Crippen molar-refractivity contribution >= 4 is 11.8 Å². The van der Waals surface area contributed by atoms with Gasteiger partial charge in [0.15, 0.2) is 0 Å². The molecule has 6 fully saturated rings. The Kier molecular flexibility index (Phi) is 2.64. The largest absolute Gasteiger partial charge is 0.462 e. The molecule has 6 rings (SSSR count). The first-order valence-corrected chi connectivity index (χ1v) is 10.6. The fraction of sp³-hybridized carbons (Fsp3) is 0.909. The molecule has 0 N–H and O–H groups in total. The minimum Gasteiger partial charge on any atom is -0.462 e. The summed E-state index contributed by atoms with van der Waals surface area (Å²) in [5, 5.41) is 0. The standard InChI is InChI=1S/C22H30O3/c1-21(2)9-22(21,3)20(24)25-16-7-10-6-13(16)19-12-8-14(17(10)19)18-11(12)4-5-15(18)23/h10-14,16-19H,4-9H2,1-3H3. The number of rotatable bonds is 2. The van der Waals surface area contributed by atoms with Crippen LogP contribution < -0.4 is 0 Å². The second-order valence-corrected chi connectivity index (χ2v) is 11.1. The van der Waals surface area contributed by atoms with Crippen LogP contribution in [0.15, 0.2) is 0 Å². The fourth-order valence-corrected chi connectivity index (χ4v) is 8.62. The van der Waals surface area contributed by atoms with Crippen molar-refractivity contribution in [3.05, 3.63) is 0 Å². The Morgan fingerprint density at radius 1 is 1.00 bits per heavy atom. The molecule has 3 heteroatoms. The third-order valence-electron chi connectivity index (χ3n) is 10.0. The molecule has 10 unspecified atom stereocenters. The zero-order valence-electron chi connectivity index (χ0n) is 15.7. The van der Waals surface area contributed by atoms with Crippen LogP contribution in [0.3, 0.4) is 0 Å². The summed E-state index contributed by atoms with van der Waals surface area (Å²) in [4.78, 5) is 25.1. The van der Waals surface area contributed by atoms with E-state index in [2.05, 4.69) is 20.8 Å². The van der Waals surface area contributed by atoms with Crippen LogP contribution in [0.4, 0.5) is 0 Å². The summed E-state index contributed by atoms with van der Waals surface area (Å²) in [6.07, 6.45) is 6.74. The van der Waals surface area contributed by atoms with Gasteiger partial charge in [-0.1, -0.05) is 13.8 Å². The predicted octanol–water partition coefficient (Wildman–Crippen LogP) is 3.85. The molecule has 0 aromatic carbocycles. The molecule has 10 atom stereocenters. The fourth-order valence-electron chi connectivity index (χ4n) is 8.62. The zero-order valence-corrected chi connectivity index (χ0v) is 15.7. The lowest BCUT2D eigenvalue weighted by atomic mass is 9.63. The van der Waals surface area contributed by atoms with Crippen LogP contribution in [0, 0.1) is 58.2 Å². The van der Waals surface area contributed by atoms with Crippen LogP contribution in [-0.2, 0) is 14.3 Å². The van der Waals surface area contributed by atoms with E-state index in [0.29, 0.717) is 29.5 Å². The van der Waals surface area contributed by atoms with E-state index in [1.807, 2.05) is 0 Å². The molecule has 4 bridgehead atoms. The Morgan fingerprint density at radius 3 is 2.48 bits per heavy atom. The Labute approximate surface area is 150 Å². The summed E-state index contributed by atoms with van der Waals surface area (Å²) < 4.78 is 6.15. The van der Waals surface area contributed by atoms with Gasteiger partial charge in [-0.25, -0.2) is 0 Å². The number of hydrogen-bond donors (Lipinski definition) is 0. The van der Waals surface area contributed by atoms with Crippen molar-refractivity contribution in [2.75, 3.05) is 0 Å². The van der Waals surface area contributed by atoms with Crippen LogP contribution in [0.25, 0.3) is 0 Å². The van der Waals surface area contributed by atoms with Crippen molar-refractivity contribution in [1.29, 1.82) is 0 Å². The average Bonchev–Trinajstić information content (AvgIpc) is 3.15. The zero-order chi connectivity index (χ0) is 17.3. The normalized spacial score (nSPS) is 59.2. The molecule has 0 saturated heterocycles. The van der Waals surface area contributed by atoms with Gasteiger partial charge in [0, 0.05) is 12.3 Å². The average molecular weight is 342 g/mol. The number of Topliss-reactive ketones (excluding diaryl/α,β-unsaturated/α-hetero) is 1. The molecule has 0 aromatic heterocycles. The molecule has 0 heterocycles. The first kappa shape index (κ1) is 15.2. The smallest absolute Gasteiger partial charge is 0.312 e. The van der Waals surface area contributed by atoms with Gasteiger partial charge in [-0.2, -0.15) is 0 Å². The highest BCUT2D eigenvalue weighted by atomic mass is 16.5. The van der Waals surface area contributed by atoms with Gasteiger partial charge in [0.2, 0.25) is 0 Å². The molecule has 0 aromatic rings. The number of hydrogen-bond acceptors (Lipinski definition) is 3. The summed E-state index contributed by atoms with van der Waals surface area (Å²) in [6, 6.07) is 0. The molecule has 0 radical (unpaired) electrons. The van der Waals surface area contributed by atoms with E-state index in [4.69, 9.17) is 4.74 Å². The maximum absolute atomic E-state index is 12.8. The summed E-state index contributed by atoms with van der Waals surface area (Å²) in [5.74, 6) is 6.02. The van der Waals surface area contributed by atoms with Gasteiger partial charge in [-0.05, 0) is 85.9 Å². The number of carbonyl (C=O) groups is 2. The van der Waals surface area contributed by atoms with Crippen molar-refractivity contribution in [3.63, 3.8) is 0 Å². The van der Waals surface area contributed by atoms with Gasteiger partial charge in [0.25, 0.3) is 0 Å². The Morgan fingerprint density at radius 2 is 1.76 bits per heavy atom. The minimum atomic E-state index is -0.258. The van der Waals surface area contributed by atoms with Crippen molar-refractivity contribution in [3.8, 4) is 0 Å². The maximum atomic E-state index is 12.8. The summed E-state index contributed by atoms with van der Waals surface area (Å²) in [7, 11) is 0. The molecule has 6 saturated carbocycles. The highest BCUT2D eigenvalue weighted by molar-refractivity contribution is 5.84. The van der Waals surface area contributed by atoms with Crippen LogP contribution >= 0.6 is 0 Å². The molecular formula is C22H30O3. The number of ketones is 1. The lowest BCUT2D eigenvalue weighted by Crippen LogP contribution is -2.43. The van der Waals surface area contributed by atoms with Gasteiger partial charge in [-0.15, -0.1) is 0 Å². The number of carbonyl (C=O) groups excluding carboxylic acids is 2. The van der Waals surface area contributed by atoms with Crippen LogP contribution in [0.2, 0.25) is 0 Å². The third-order valence-corrected chi connectivity index (χ3v) is 10.0. The molecule has 3 nitrogen and oxygen atoms in total. The topological polar surface area (TPSA) is 43.4 Å². The Bertz CT molecular complexity index is 681. The van der Waals surface area contributed by atoms with E-state index in [1.54, 1.807) is 0 Å². The van der Waals surface area contributed by atoms with E-state index >= 15 is 0 Å². The highest BCUT2D eigenvalue weighted by Crippen LogP contribution is 2.73. The second kappa shape index (κ2) is 4.34. The Balaban J connectivity index is 1.22. The molecule has 6 aliphatic carbocycles. The van der Waals surface area contributed by atoms with Crippen molar-refractivity contribution in [1.82, 2.24) is 0 Å². The van der Waals surface area contributed by atoms with E-state index < -0.39 is 0 Å². The van der Waals surface area contributed by atoms with E-state index in [0.717, 1.165) is 49.4 Å². The van der Waals surface area contributed by atoms with Crippen LogP contribution in [-0.4, -0.2) is 17.9 Å². The Hall–Kier alpha value is -0.860. The summed E-state index contributed by atoms with van der Waals surface area (Å²) >= 11 is 0. The van der Waals surface area contributed by atoms with E-state index in [-0.39, 0.29) is 22.9 Å². The summed E-state index contributed by atoms with van der Waals surface area (Å²) in [6.45, 7) is 6.44. The molecule has 136 valence electrons. The van der Waals surface area contributed by atoms with Gasteiger partial charge >= 0.3 is 5.97 Å². The lowest BCUT2D eigenvalue weighted by molar-refractivity contribution is -0.162. The van der Waals surface area contributed by atoms with Crippen molar-refractivity contribution in [2.24, 2.45) is 58.2 Å². The minimum absolute atomic E-state index is 0.0590. The van der Waals surface area contributed by atoms with E-state index in [1.165, 1.54) is 12.8 Å². The van der Waals surface area contributed by atoms with E-state index in [9.17, 15) is 9.59 Å². The molecule has 0 spiro atoms. The highest BCUT2D eigenvalue weighted by Gasteiger charge is 2.70. The van der Waals surface area contributed by atoms with Gasteiger partial charge in [0.05, 0.1) is 5.41 Å². The molecule has 0 aliphatic heterocycles. The monoisotopic (exact) mass is 342 g/mol. The SMILES string of the molecule is CC1(C)CC1(C)C(=O)OC1CC2CC1C1C3CC(C4C(=O)CCC34)C21. The first-order chi connectivity index (χ1) is 11.8. The number of ether oxygens (including phenoxy) is 1. The van der Waals surface area contributed by atoms with Gasteiger partial charge in [-0.3, -0.25) is 9.59 Å². The van der Waals surface area contributed by atoms with Crippen molar-refractivity contribution < 1.29 is 14.3 Å². The van der Waals surface area contributed by atoms with Crippen LogP contribution in [0.5, 0.6) is 0 Å². The van der Waals surface area contributed by atoms with Crippen LogP contribution in [0.1, 0.15) is 59.3 Å². The molecule has 25 heavy (non-hydrogen) atoms.